The number of amides is 1. The number of rotatable bonds is 10. The van der Waals surface area contributed by atoms with Gasteiger partial charge in [0.1, 0.15) is 23.9 Å². The average molecular weight is 627 g/mol. The number of ether oxygens (including phenoxy) is 3. The Labute approximate surface area is 272 Å². The molecular weight excluding hydrogens is 592 g/mol. The first kappa shape index (κ1) is 30.2. The summed E-state index contributed by atoms with van der Waals surface area (Å²) in [6.07, 6.45) is 2.69. The third kappa shape index (κ3) is 5.85. The van der Waals surface area contributed by atoms with Crippen LogP contribution in [0.2, 0.25) is 0 Å². The highest BCUT2D eigenvalue weighted by molar-refractivity contribution is 6.06. The molecule has 2 aromatic heterocycles. The van der Waals surface area contributed by atoms with Crippen LogP contribution in [0.1, 0.15) is 39.7 Å². The summed E-state index contributed by atoms with van der Waals surface area (Å²) >= 11 is 0. The molecule has 0 bridgehead atoms. The van der Waals surface area contributed by atoms with E-state index in [1.165, 1.54) is 6.33 Å². The molecule has 10 nitrogen and oxygen atoms in total. The zero-order chi connectivity index (χ0) is 32.2. The van der Waals surface area contributed by atoms with Crippen molar-refractivity contribution in [2.75, 3.05) is 19.0 Å². The zero-order valence-corrected chi connectivity index (χ0v) is 25.8. The van der Waals surface area contributed by atoms with Gasteiger partial charge in [-0.25, -0.2) is 15.0 Å². The summed E-state index contributed by atoms with van der Waals surface area (Å²) in [6, 6.07) is 36.9. The summed E-state index contributed by atoms with van der Waals surface area (Å²) in [5.74, 6) is 0.792. The number of aromatic nitrogens is 4. The molecule has 0 unspecified atom stereocenters. The number of nitrogens with zero attached hydrogens (tertiary/aromatic N) is 4. The van der Waals surface area contributed by atoms with Crippen LogP contribution >= 0.6 is 0 Å². The van der Waals surface area contributed by atoms with Crippen molar-refractivity contribution in [3.05, 3.63) is 150 Å². The number of nitrogens with two attached hydrogens (primary N) is 1. The summed E-state index contributed by atoms with van der Waals surface area (Å²) < 4.78 is 20.9. The molecule has 4 aromatic carbocycles. The van der Waals surface area contributed by atoms with Crippen LogP contribution in [0.15, 0.2) is 128 Å². The van der Waals surface area contributed by atoms with E-state index in [0.717, 1.165) is 22.4 Å². The van der Waals surface area contributed by atoms with Gasteiger partial charge in [0.05, 0.1) is 26.1 Å². The van der Waals surface area contributed by atoms with Crippen molar-refractivity contribution in [1.29, 1.82) is 0 Å². The van der Waals surface area contributed by atoms with Gasteiger partial charge in [-0.3, -0.25) is 9.36 Å². The van der Waals surface area contributed by atoms with Gasteiger partial charge in [-0.1, -0.05) is 91.0 Å². The number of nitrogens with one attached hydrogen (secondary N) is 1. The molecule has 47 heavy (non-hydrogen) atoms. The smallest absolute Gasteiger partial charge is 0.256 e. The van der Waals surface area contributed by atoms with E-state index in [-0.39, 0.29) is 18.6 Å². The Morgan fingerprint density at radius 3 is 2.13 bits per heavy atom. The van der Waals surface area contributed by atoms with E-state index in [1.807, 2.05) is 71.3 Å². The molecule has 1 amide bonds. The molecule has 0 aliphatic carbocycles. The van der Waals surface area contributed by atoms with E-state index in [0.29, 0.717) is 29.0 Å². The van der Waals surface area contributed by atoms with Crippen molar-refractivity contribution < 1.29 is 19.0 Å². The summed E-state index contributed by atoms with van der Waals surface area (Å²) in [6.45, 7) is 0.216. The van der Waals surface area contributed by atoms with E-state index in [2.05, 4.69) is 44.5 Å². The Kier molecular flexibility index (Phi) is 8.45. The number of hydrogen-bond donors (Lipinski definition) is 2. The van der Waals surface area contributed by atoms with Crippen molar-refractivity contribution in [1.82, 2.24) is 19.5 Å². The lowest BCUT2D eigenvalue weighted by molar-refractivity contribution is -0.0779. The Hall–Kier alpha value is -5.42. The highest BCUT2D eigenvalue weighted by Gasteiger charge is 2.41. The lowest BCUT2D eigenvalue weighted by Gasteiger charge is -2.37. The van der Waals surface area contributed by atoms with Crippen molar-refractivity contribution in [2.45, 2.75) is 30.4 Å². The molecule has 236 valence electrons. The number of anilines is 1. The van der Waals surface area contributed by atoms with Crippen LogP contribution in [-0.2, 0) is 15.1 Å². The quantitative estimate of drug-likeness (QED) is 0.185. The van der Waals surface area contributed by atoms with E-state index in [1.54, 1.807) is 37.7 Å². The van der Waals surface area contributed by atoms with Gasteiger partial charge in [0.15, 0.2) is 17.0 Å². The van der Waals surface area contributed by atoms with Crippen molar-refractivity contribution in [3.63, 3.8) is 0 Å². The molecule has 0 radical (unpaired) electrons. The largest absolute Gasteiger partial charge is 0.497 e. The topological polar surface area (TPSA) is 126 Å². The van der Waals surface area contributed by atoms with Gasteiger partial charge < -0.3 is 25.3 Å². The number of methoxy groups -OCH3 is 1. The molecule has 3 heterocycles. The SMILES string of the molecule is COc1ccc(C(OC[C@H]2O[C@@H](n3cnc4c(NC(=O)c5ccccc5)ncnc43)C[C@@H]2N)(c2ccccc2)c2ccccc2)cc1. The highest BCUT2D eigenvalue weighted by atomic mass is 16.6. The second-order valence-electron chi connectivity index (χ2n) is 11.3. The minimum Gasteiger partial charge on any atom is -0.497 e. The third-order valence-corrected chi connectivity index (χ3v) is 8.54. The molecule has 3 atom stereocenters. The van der Waals surface area contributed by atoms with Crippen molar-refractivity contribution >= 4 is 22.9 Å². The summed E-state index contributed by atoms with van der Waals surface area (Å²) in [7, 11) is 1.65. The van der Waals surface area contributed by atoms with E-state index >= 15 is 0 Å². The summed E-state index contributed by atoms with van der Waals surface area (Å²) in [5.41, 5.74) is 10.2. The van der Waals surface area contributed by atoms with Crippen molar-refractivity contribution in [2.24, 2.45) is 5.73 Å². The van der Waals surface area contributed by atoms with Gasteiger partial charge in [-0.2, -0.15) is 0 Å². The zero-order valence-electron chi connectivity index (χ0n) is 25.8. The molecule has 6 aromatic rings. The van der Waals surface area contributed by atoms with Crippen LogP contribution in [0, 0.1) is 0 Å². The molecule has 0 saturated carbocycles. The molecule has 10 heteroatoms. The molecule has 7 rings (SSSR count). The fourth-order valence-corrected chi connectivity index (χ4v) is 6.14. The van der Waals surface area contributed by atoms with Crippen LogP contribution in [0.5, 0.6) is 5.75 Å². The first-order valence-electron chi connectivity index (χ1n) is 15.4. The van der Waals surface area contributed by atoms with Crippen molar-refractivity contribution in [3.8, 4) is 5.75 Å². The normalized spacial score (nSPS) is 17.9. The van der Waals surface area contributed by atoms with Crippen LogP contribution in [0.25, 0.3) is 11.2 Å². The van der Waals surface area contributed by atoms with E-state index in [9.17, 15) is 4.79 Å². The molecular formula is C37H34N6O4. The van der Waals surface area contributed by atoms with Gasteiger partial charge in [0, 0.05) is 18.0 Å². The monoisotopic (exact) mass is 626 g/mol. The van der Waals surface area contributed by atoms with Crippen LogP contribution < -0.4 is 15.8 Å². The standard InChI is InChI=1S/C37H34N6O4/c1-45-29-19-17-28(18-20-29)37(26-13-7-3-8-14-26,27-15-9-4-10-16-27)46-22-31-30(38)21-32(47-31)43-24-41-33-34(39-23-40-35(33)43)42-36(44)25-11-5-2-6-12-25/h2-20,23-24,30-32H,21-22,38H2,1H3,(H,39,40,42,44)/t30-,31+,32+/m0/s1. The Bertz CT molecular complexity index is 1910. The molecule has 1 aliphatic rings. The number of hydrogen-bond acceptors (Lipinski definition) is 8. The molecule has 0 spiro atoms. The fraction of sp³-hybridized carbons (Fsp3) is 0.189. The number of fused-ring (bicyclic) bond motifs is 1. The molecule has 3 N–H and O–H groups in total. The second kappa shape index (κ2) is 13.1. The molecule has 1 aliphatic heterocycles. The number of carbonyl (C=O) groups excluding carboxylic acids is 1. The number of benzene rings is 4. The lowest BCUT2D eigenvalue weighted by atomic mass is 9.80. The third-order valence-electron chi connectivity index (χ3n) is 8.54. The second-order valence-corrected chi connectivity index (χ2v) is 11.3. The maximum absolute atomic E-state index is 12.8. The first-order valence-corrected chi connectivity index (χ1v) is 15.4. The van der Waals surface area contributed by atoms with Gasteiger partial charge in [0.2, 0.25) is 0 Å². The lowest BCUT2D eigenvalue weighted by Crippen LogP contribution is -2.40. The van der Waals surface area contributed by atoms with E-state index < -0.39 is 17.9 Å². The van der Waals surface area contributed by atoms with Gasteiger partial charge in [-0.15, -0.1) is 0 Å². The molecule has 1 fully saturated rings. The van der Waals surface area contributed by atoms with Gasteiger partial charge in [-0.05, 0) is 41.0 Å². The Morgan fingerprint density at radius 1 is 0.872 bits per heavy atom. The predicted octanol–water partition coefficient (Wildman–Crippen LogP) is 5.71. The summed E-state index contributed by atoms with van der Waals surface area (Å²) in [4.78, 5) is 26.1. The van der Waals surface area contributed by atoms with Crippen LogP contribution in [0.4, 0.5) is 5.82 Å². The van der Waals surface area contributed by atoms with Crippen LogP contribution in [0.3, 0.4) is 0 Å². The molecule has 1 saturated heterocycles. The maximum Gasteiger partial charge on any atom is 0.256 e. The first-order chi connectivity index (χ1) is 23.1. The minimum absolute atomic E-state index is 0.216. The maximum atomic E-state index is 12.8. The number of imidazole rings is 1. The number of carbonyl (C=O) groups is 1. The Balaban J connectivity index is 1.17. The average Bonchev–Trinajstić information content (AvgIpc) is 3.74. The fourth-order valence-electron chi connectivity index (χ4n) is 6.14. The summed E-state index contributed by atoms with van der Waals surface area (Å²) in [5, 5.41) is 2.85. The minimum atomic E-state index is -0.948. The highest BCUT2D eigenvalue weighted by Crippen LogP contribution is 2.42. The van der Waals surface area contributed by atoms with Gasteiger partial charge in [0.25, 0.3) is 5.91 Å². The van der Waals surface area contributed by atoms with Gasteiger partial charge >= 0.3 is 0 Å². The van der Waals surface area contributed by atoms with Crippen LogP contribution in [-0.4, -0.2) is 51.3 Å². The Morgan fingerprint density at radius 2 is 1.49 bits per heavy atom. The predicted molar refractivity (Wildman–Crippen MR) is 178 cm³/mol. The van der Waals surface area contributed by atoms with E-state index in [4.69, 9.17) is 19.9 Å².